The first-order chi connectivity index (χ1) is 6.72. The molecule has 0 saturated heterocycles. The number of hydrogen-bond donors (Lipinski definition) is 3. The molecule has 0 radical (unpaired) electrons. The summed E-state index contributed by atoms with van der Waals surface area (Å²) in [6.45, 7) is 5.64. The predicted octanol–water partition coefficient (Wildman–Crippen LogP) is 1.87. The zero-order valence-electron chi connectivity index (χ0n) is 8.42. The van der Waals surface area contributed by atoms with E-state index in [2.05, 4.69) is 38.6 Å². The summed E-state index contributed by atoms with van der Waals surface area (Å²) in [6.07, 6.45) is 1.40. The summed E-state index contributed by atoms with van der Waals surface area (Å²) in [5, 5.41) is 12.8. The van der Waals surface area contributed by atoms with Gasteiger partial charge in [-0.15, -0.1) is 0 Å². The van der Waals surface area contributed by atoms with E-state index in [1.165, 1.54) is 0 Å². The first-order valence-corrected chi connectivity index (χ1v) is 5.79. The number of aliphatic hydroxyl groups excluding tert-OH is 1. The highest BCUT2D eigenvalue weighted by Crippen LogP contribution is 2.19. The van der Waals surface area contributed by atoms with Crippen LogP contribution >= 0.6 is 22.9 Å². The number of anilines is 1. The molecule has 1 atom stereocenters. The Bertz CT molecular complexity index is 288. The topological polar surface area (TPSA) is 49.2 Å². The molecule has 0 saturated carbocycles. The molecular formula is C9H16IN3O. The Labute approximate surface area is 98.2 Å². The molecule has 0 aliphatic heterocycles. The standard InChI is InChI=1S/C9H16IN3O/c1-3-11-9(14)8-5-7(12-10)6-13(8)4-2/h5-6,9,11-12,14H,3-4H2,1-2H3. The fourth-order valence-corrected chi connectivity index (χ4v) is 1.68. The molecule has 4 nitrogen and oxygen atoms in total. The molecule has 0 spiro atoms. The van der Waals surface area contributed by atoms with Gasteiger partial charge in [0.2, 0.25) is 0 Å². The van der Waals surface area contributed by atoms with E-state index >= 15 is 0 Å². The first kappa shape index (κ1) is 11.8. The van der Waals surface area contributed by atoms with E-state index in [1.54, 1.807) is 0 Å². The van der Waals surface area contributed by atoms with E-state index in [9.17, 15) is 5.11 Å². The van der Waals surface area contributed by atoms with Crippen molar-refractivity contribution in [3.05, 3.63) is 18.0 Å². The lowest BCUT2D eigenvalue weighted by atomic mass is 10.3. The number of halogens is 1. The van der Waals surface area contributed by atoms with Crippen molar-refractivity contribution >= 4 is 28.6 Å². The number of aromatic nitrogens is 1. The number of aryl methyl sites for hydroxylation is 1. The third kappa shape index (κ3) is 2.61. The van der Waals surface area contributed by atoms with E-state index in [0.29, 0.717) is 0 Å². The van der Waals surface area contributed by atoms with Gasteiger partial charge in [0.05, 0.1) is 34.2 Å². The molecule has 0 fully saturated rings. The van der Waals surface area contributed by atoms with Gasteiger partial charge in [-0.05, 0) is 19.5 Å². The molecule has 0 amide bonds. The summed E-state index contributed by atoms with van der Waals surface area (Å²) in [6, 6.07) is 1.95. The SMILES string of the molecule is CCNC(O)c1cc(NI)cn1CC. The van der Waals surface area contributed by atoms with E-state index in [-0.39, 0.29) is 0 Å². The van der Waals surface area contributed by atoms with E-state index in [0.717, 1.165) is 24.5 Å². The summed E-state index contributed by atoms with van der Waals surface area (Å²) in [7, 11) is 0. The van der Waals surface area contributed by atoms with Crippen LogP contribution in [0, 0.1) is 0 Å². The monoisotopic (exact) mass is 309 g/mol. The quantitative estimate of drug-likeness (QED) is 0.442. The fraction of sp³-hybridized carbons (Fsp3) is 0.556. The van der Waals surface area contributed by atoms with Gasteiger partial charge >= 0.3 is 0 Å². The summed E-state index contributed by atoms with van der Waals surface area (Å²) < 4.78 is 5.05. The Morgan fingerprint density at radius 2 is 2.29 bits per heavy atom. The largest absolute Gasteiger partial charge is 0.373 e. The molecule has 14 heavy (non-hydrogen) atoms. The van der Waals surface area contributed by atoms with Crippen LogP contribution in [0.1, 0.15) is 25.8 Å². The maximum absolute atomic E-state index is 9.78. The van der Waals surface area contributed by atoms with E-state index in [4.69, 9.17) is 0 Å². The minimum absolute atomic E-state index is 0.585. The van der Waals surface area contributed by atoms with Crippen LogP contribution in [-0.4, -0.2) is 16.2 Å². The summed E-state index contributed by atoms with van der Waals surface area (Å²) in [5.41, 5.74) is 1.91. The smallest absolute Gasteiger partial charge is 0.146 e. The Morgan fingerprint density at radius 1 is 1.57 bits per heavy atom. The summed E-state index contributed by atoms with van der Waals surface area (Å²) >= 11 is 2.08. The number of nitrogens with zero attached hydrogens (tertiary/aromatic N) is 1. The van der Waals surface area contributed by atoms with Crippen molar-refractivity contribution in [3.63, 3.8) is 0 Å². The zero-order valence-corrected chi connectivity index (χ0v) is 10.6. The van der Waals surface area contributed by atoms with Crippen LogP contribution in [0.25, 0.3) is 0 Å². The van der Waals surface area contributed by atoms with E-state index in [1.807, 2.05) is 23.8 Å². The van der Waals surface area contributed by atoms with Crippen molar-refractivity contribution in [3.8, 4) is 0 Å². The average Bonchev–Trinajstić information content (AvgIpc) is 2.61. The lowest BCUT2D eigenvalue weighted by Crippen LogP contribution is -2.22. The summed E-state index contributed by atoms with van der Waals surface area (Å²) in [4.78, 5) is 0. The van der Waals surface area contributed by atoms with Crippen molar-refractivity contribution in [1.82, 2.24) is 9.88 Å². The molecule has 0 bridgehead atoms. The lowest BCUT2D eigenvalue weighted by molar-refractivity contribution is 0.133. The highest BCUT2D eigenvalue weighted by molar-refractivity contribution is 14.1. The maximum Gasteiger partial charge on any atom is 0.146 e. The molecular weight excluding hydrogens is 293 g/mol. The van der Waals surface area contributed by atoms with E-state index < -0.39 is 6.23 Å². The average molecular weight is 309 g/mol. The lowest BCUT2D eigenvalue weighted by Gasteiger charge is -2.13. The van der Waals surface area contributed by atoms with Crippen LogP contribution in [0.3, 0.4) is 0 Å². The van der Waals surface area contributed by atoms with Crippen molar-refractivity contribution in [2.75, 3.05) is 10.1 Å². The molecule has 1 rings (SSSR count). The molecule has 1 aromatic rings. The number of hydrogen-bond acceptors (Lipinski definition) is 3. The van der Waals surface area contributed by atoms with Gasteiger partial charge < -0.3 is 13.2 Å². The molecule has 80 valence electrons. The molecule has 5 heteroatoms. The third-order valence-electron chi connectivity index (χ3n) is 2.06. The molecule has 0 aliphatic carbocycles. The molecule has 0 aromatic carbocycles. The van der Waals surface area contributed by atoms with Gasteiger partial charge in [0.15, 0.2) is 0 Å². The maximum atomic E-state index is 9.78. The van der Waals surface area contributed by atoms with Gasteiger partial charge in [0, 0.05) is 12.7 Å². The van der Waals surface area contributed by atoms with Gasteiger partial charge in [0.1, 0.15) is 6.23 Å². The second-order valence-corrected chi connectivity index (χ2v) is 3.53. The van der Waals surface area contributed by atoms with Crippen LogP contribution in [0.15, 0.2) is 12.3 Å². The molecule has 1 heterocycles. The second-order valence-electron chi connectivity index (χ2n) is 2.99. The van der Waals surface area contributed by atoms with Crippen LogP contribution in [-0.2, 0) is 6.54 Å². The molecule has 3 N–H and O–H groups in total. The number of rotatable bonds is 5. The second kappa shape index (κ2) is 5.57. The fourth-order valence-electron chi connectivity index (χ4n) is 1.38. The molecule has 0 aliphatic rings. The van der Waals surface area contributed by atoms with Gasteiger partial charge in [-0.1, -0.05) is 6.92 Å². The van der Waals surface area contributed by atoms with Crippen molar-refractivity contribution in [2.24, 2.45) is 0 Å². The van der Waals surface area contributed by atoms with Gasteiger partial charge in [-0.3, -0.25) is 5.32 Å². The minimum atomic E-state index is -0.585. The van der Waals surface area contributed by atoms with Gasteiger partial charge in [-0.25, -0.2) is 0 Å². The normalized spacial score (nSPS) is 12.9. The van der Waals surface area contributed by atoms with Crippen LogP contribution in [0.4, 0.5) is 5.69 Å². The highest BCUT2D eigenvalue weighted by Gasteiger charge is 2.11. The number of aliphatic hydroxyl groups is 1. The van der Waals surface area contributed by atoms with Crippen LogP contribution in [0.2, 0.25) is 0 Å². The van der Waals surface area contributed by atoms with Gasteiger partial charge in [-0.2, -0.15) is 0 Å². The highest BCUT2D eigenvalue weighted by atomic mass is 127. The Balaban J connectivity index is 2.87. The predicted molar refractivity (Wildman–Crippen MR) is 66.4 cm³/mol. The first-order valence-electron chi connectivity index (χ1n) is 4.71. The van der Waals surface area contributed by atoms with Crippen LogP contribution < -0.4 is 8.85 Å². The number of nitrogens with one attached hydrogen (secondary N) is 2. The molecule has 1 unspecified atom stereocenters. The Hall–Kier alpha value is -0.270. The van der Waals surface area contributed by atoms with Crippen molar-refractivity contribution in [1.29, 1.82) is 0 Å². The van der Waals surface area contributed by atoms with Gasteiger partial charge in [0.25, 0.3) is 0 Å². The van der Waals surface area contributed by atoms with Crippen molar-refractivity contribution in [2.45, 2.75) is 26.6 Å². The van der Waals surface area contributed by atoms with Crippen molar-refractivity contribution < 1.29 is 5.11 Å². The minimum Gasteiger partial charge on any atom is -0.373 e. The Morgan fingerprint density at radius 3 is 2.79 bits per heavy atom. The zero-order chi connectivity index (χ0) is 10.6. The van der Waals surface area contributed by atoms with Crippen LogP contribution in [0.5, 0.6) is 0 Å². The summed E-state index contributed by atoms with van der Waals surface area (Å²) in [5.74, 6) is 0. The Kier molecular flexibility index (Phi) is 4.70. The third-order valence-corrected chi connectivity index (χ3v) is 2.68. The molecule has 1 aromatic heterocycles.